The van der Waals surface area contributed by atoms with Gasteiger partial charge in [-0.2, -0.15) is 5.10 Å². The van der Waals surface area contributed by atoms with Crippen LogP contribution in [0.1, 0.15) is 37.5 Å². The molecule has 2 aliphatic rings. The van der Waals surface area contributed by atoms with E-state index in [9.17, 15) is 0 Å². The zero-order valence-corrected chi connectivity index (χ0v) is 7.11. The van der Waals surface area contributed by atoms with E-state index in [1.165, 1.54) is 31.5 Å². The van der Waals surface area contributed by atoms with E-state index < -0.39 is 0 Å². The van der Waals surface area contributed by atoms with Crippen LogP contribution in [0.5, 0.6) is 0 Å². The van der Waals surface area contributed by atoms with Gasteiger partial charge in [0.25, 0.3) is 0 Å². The van der Waals surface area contributed by atoms with Crippen LogP contribution in [-0.4, -0.2) is 14.8 Å². The fourth-order valence-corrected chi connectivity index (χ4v) is 2.24. The van der Waals surface area contributed by atoms with Gasteiger partial charge in [0.05, 0.1) is 6.04 Å². The number of hydrogen-bond donors (Lipinski definition) is 0. The summed E-state index contributed by atoms with van der Waals surface area (Å²) in [6, 6.07) is 0.691. The van der Waals surface area contributed by atoms with E-state index in [2.05, 4.69) is 14.8 Å². The predicted octanol–water partition coefficient (Wildman–Crippen LogP) is 1.57. The molecule has 2 heterocycles. The topological polar surface area (TPSA) is 30.7 Å². The van der Waals surface area contributed by atoms with Crippen molar-refractivity contribution >= 4 is 0 Å². The summed E-state index contributed by atoms with van der Waals surface area (Å²) in [6.07, 6.45) is 8.27. The number of fused-ring (bicyclic) bond motifs is 1. The summed E-state index contributed by atoms with van der Waals surface area (Å²) in [5.74, 6) is 2.13. The molecule has 1 aromatic heterocycles. The van der Waals surface area contributed by atoms with Gasteiger partial charge in [0.1, 0.15) is 12.2 Å². The second-order valence-corrected chi connectivity index (χ2v) is 3.92. The lowest BCUT2D eigenvalue weighted by molar-refractivity contribution is 0.327. The van der Waals surface area contributed by atoms with Crippen LogP contribution in [-0.2, 0) is 6.42 Å². The average molecular weight is 163 g/mol. The number of rotatable bonds is 1. The Morgan fingerprint density at radius 3 is 3.08 bits per heavy atom. The molecule has 0 amide bonds. The summed E-state index contributed by atoms with van der Waals surface area (Å²) in [7, 11) is 0. The van der Waals surface area contributed by atoms with Crippen LogP contribution in [0, 0.1) is 5.92 Å². The Hall–Kier alpha value is -0.860. The van der Waals surface area contributed by atoms with Crippen molar-refractivity contribution in [1.29, 1.82) is 0 Å². The average Bonchev–Trinajstić information content (AvgIpc) is 2.82. The number of hydrogen-bond acceptors (Lipinski definition) is 2. The van der Waals surface area contributed by atoms with Gasteiger partial charge >= 0.3 is 0 Å². The third kappa shape index (κ3) is 0.886. The standard InChI is InChI=1S/C9H13N3/c1-2-8(7-4-5-7)12-9(3-1)10-6-11-12/h6-8H,1-5H2. The first-order valence-electron chi connectivity index (χ1n) is 4.83. The molecule has 1 aliphatic heterocycles. The smallest absolute Gasteiger partial charge is 0.138 e. The summed E-state index contributed by atoms with van der Waals surface area (Å²) in [6.45, 7) is 0. The normalized spacial score (nSPS) is 28.5. The minimum absolute atomic E-state index is 0.691. The Labute approximate surface area is 71.8 Å². The molecule has 1 fully saturated rings. The summed E-state index contributed by atoms with van der Waals surface area (Å²) in [5.41, 5.74) is 0. The Balaban J connectivity index is 1.97. The lowest BCUT2D eigenvalue weighted by Gasteiger charge is -2.22. The van der Waals surface area contributed by atoms with Crippen LogP contribution >= 0.6 is 0 Å². The number of nitrogens with zero attached hydrogens (tertiary/aromatic N) is 3. The van der Waals surface area contributed by atoms with Crippen molar-refractivity contribution in [2.45, 2.75) is 38.1 Å². The van der Waals surface area contributed by atoms with Crippen LogP contribution in [0.4, 0.5) is 0 Å². The van der Waals surface area contributed by atoms with Gasteiger partial charge in [-0.3, -0.25) is 0 Å². The highest BCUT2D eigenvalue weighted by molar-refractivity contribution is 4.97. The van der Waals surface area contributed by atoms with Crippen LogP contribution in [0.15, 0.2) is 6.33 Å². The maximum Gasteiger partial charge on any atom is 0.138 e. The third-order valence-corrected chi connectivity index (χ3v) is 3.03. The fourth-order valence-electron chi connectivity index (χ4n) is 2.24. The summed E-state index contributed by atoms with van der Waals surface area (Å²) >= 11 is 0. The van der Waals surface area contributed by atoms with Crippen LogP contribution in [0.25, 0.3) is 0 Å². The minimum atomic E-state index is 0.691. The molecule has 3 nitrogen and oxygen atoms in total. The van der Waals surface area contributed by atoms with Crippen molar-refractivity contribution in [2.75, 3.05) is 0 Å². The highest BCUT2D eigenvalue weighted by Gasteiger charge is 2.35. The molecule has 3 heteroatoms. The van der Waals surface area contributed by atoms with E-state index in [0.717, 1.165) is 12.3 Å². The maximum atomic E-state index is 4.30. The molecular weight excluding hydrogens is 150 g/mol. The molecule has 0 aromatic carbocycles. The van der Waals surface area contributed by atoms with E-state index in [4.69, 9.17) is 0 Å². The summed E-state index contributed by atoms with van der Waals surface area (Å²) in [5, 5.41) is 4.30. The van der Waals surface area contributed by atoms with Gasteiger partial charge in [-0.05, 0) is 31.6 Å². The fraction of sp³-hybridized carbons (Fsp3) is 0.778. The summed E-state index contributed by atoms with van der Waals surface area (Å²) in [4.78, 5) is 4.27. The van der Waals surface area contributed by atoms with Crippen molar-refractivity contribution in [2.24, 2.45) is 5.92 Å². The molecule has 0 bridgehead atoms. The molecule has 0 radical (unpaired) electrons. The predicted molar refractivity (Wildman–Crippen MR) is 44.7 cm³/mol. The molecular formula is C9H13N3. The zero-order valence-electron chi connectivity index (χ0n) is 7.11. The quantitative estimate of drug-likeness (QED) is 0.629. The lowest BCUT2D eigenvalue weighted by Crippen LogP contribution is -2.20. The molecule has 1 aliphatic carbocycles. The molecule has 1 unspecified atom stereocenters. The highest BCUT2D eigenvalue weighted by atomic mass is 15.4. The van der Waals surface area contributed by atoms with Crippen molar-refractivity contribution in [3.63, 3.8) is 0 Å². The van der Waals surface area contributed by atoms with E-state index in [1.54, 1.807) is 6.33 Å². The lowest BCUT2D eigenvalue weighted by atomic mass is 10.0. The highest BCUT2D eigenvalue weighted by Crippen LogP contribution is 2.43. The Morgan fingerprint density at radius 2 is 2.25 bits per heavy atom. The SMILES string of the molecule is c1nc2n(n1)C(C1CC1)CCC2. The van der Waals surface area contributed by atoms with E-state index >= 15 is 0 Å². The molecule has 1 saturated carbocycles. The van der Waals surface area contributed by atoms with E-state index in [1.807, 2.05) is 0 Å². The Bertz CT molecular complexity index is 288. The summed E-state index contributed by atoms with van der Waals surface area (Å²) < 4.78 is 2.17. The molecule has 64 valence electrons. The number of aryl methyl sites for hydroxylation is 1. The zero-order chi connectivity index (χ0) is 7.97. The first kappa shape index (κ1) is 6.63. The second kappa shape index (κ2) is 2.31. The van der Waals surface area contributed by atoms with Crippen LogP contribution in [0.2, 0.25) is 0 Å². The van der Waals surface area contributed by atoms with E-state index in [0.29, 0.717) is 6.04 Å². The monoisotopic (exact) mass is 163 g/mol. The Morgan fingerprint density at radius 1 is 1.33 bits per heavy atom. The first-order chi connectivity index (χ1) is 5.95. The molecule has 0 spiro atoms. The van der Waals surface area contributed by atoms with Gasteiger partial charge in [0.15, 0.2) is 0 Å². The van der Waals surface area contributed by atoms with Gasteiger partial charge in [-0.15, -0.1) is 0 Å². The van der Waals surface area contributed by atoms with E-state index in [-0.39, 0.29) is 0 Å². The van der Waals surface area contributed by atoms with Gasteiger partial charge in [0, 0.05) is 6.42 Å². The largest absolute Gasteiger partial charge is 0.247 e. The van der Waals surface area contributed by atoms with Crippen LogP contribution in [0.3, 0.4) is 0 Å². The minimum Gasteiger partial charge on any atom is -0.247 e. The Kier molecular flexibility index (Phi) is 1.28. The third-order valence-electron chi connectivity index (χ3n) is 3.03. The van der Waals surface area contributed by atoms with Gasteiger partial charge < -0.3 is 0 Å². The van der Waals surface area contributed by atoms with Gasteiger partial charge in [-0.1, -0.05) is 0 Å². The maximum absolute atomic E-state index is 4.30. The second-order valence-electron chi connectivity index (χ2n) is 3.92. The molecule has 3 rings (SSSR count). The molecule has 0 saturated heterocycles. The molecule has 1 atom stereocenters. The van der Waals surface area contributed by atoms with Crippen LogP contribution < -0.4 is 0 Å². The van der Waals surface area contributed by atoms with Crippen molar-refractivity contribution in [3.05, 3.63) is 12.2 Å². The van der Waals surface area contributed by atoms with Gasteiger partial charge in [0.2, 0.25) is 0 Å². The van der Waals surface area contributed by atoms with Crippen molar-refractivity contribution in [3.8, 4) is 0 Å². The molecule has 1 aromatic rings. The van der Waals surface area contributed by atoms with Crippen molar-refractivity contribution in [1.82, 2.24) is 14.8 Å². The molecule has 12 heavy (non-hydrogen) atoms. The number of aromatic nitrogens is 3. The molecule has 0 N–H and O–H groups in total. The first-order valence-corrected chi connectivity index (χ1v) is 4.83. The van der Waals surface area contributed by atoms with Crippen molar-refractivity contribution < 1.29 is 0 Å². The van der Waals surface area contributed by atoms with Gasteiger partial charge in [-0.25, -0.2) is 9.67 Å².